The lowest BCUT2D eigenvalue weighted by molar-refractivity contribution is 0.512. The van der Waals surface area contributed by atoms with Crippen LogP contribution in [0.5, 0.6) is 0 Å². The van der Waals surface area contributed by atoms with Gasteiger partial charge < -0.3 is 4.42 Å². The van der Waals surface area contributed by atoms with E-state index >= 15 is 0 Å². The van der Waals surface area contributed by atoms with Gasteiger partial charge in [0.15, 0.2) is 0 Å². The molecule has 0 aliphatic heterocycles. The van der Waals surface area contributed by atoms with Crippen molar-refractivity contribution in [2.24, 2.45) is 0 Å². The van der Waals surface area contributed by atoms with E-state index in [2.05, 4.69) is 0 Å². The van der Waals surface area contributed by atoms with Crippen LogP contribution in [0.15, 0.2) is 51.9 Å². The maximum Gasteiger partial charge on any atom is 0.343 e. The van der Waals surface area contributed by atoms with Crippen molar-refractivity contribution in [1.29, 1.82) is 0 Å². The molecule has 0 amide bonds. The maximum absolute atomic E-state index is 11.5. The van der Waals surface area contributed by atoms with Crippen molar-refractivity contribution >= 4 is 0 Å². The molecule has 0 aliphatic rings. The smallest absolute Gasteiger partial charge is 0.343 e. The summed E-state index contributed by atoms with van der Waals surface area (Å²) in [6.07, 6.45) is 1.42. The molecule has 0 spiro atoms. The van der Waals surface area contributed by atoms with Gasteiger partial charge in [0.2, 0.25) is 0 Å². The second kappa shape index (κ2) is 3.50. The van der Waals surface area contributed by atoms with Crippen LogP contribution in [0.2, 0.25) is 0 Å². The molecule has 2 aromatic rings. The van der Waals surface area contributed by atoms with E-state index < -0.39 is 0 Å². The van der Waals surface area contributed by atoms with E-state index in [-0.39, 0.29) is 5.63 Å². The summed E-state index contributed by atoms with van der Waals surface area (Å²) in [5.41, 5.74) is 2.20. The molecule has 0 unspecified atom stereocenters. The lowest BCUT2D eigenvalue weighted by Gasteiger charge is -2.01. The van der Waals surface area contributed by atoms with Crippen molar-refractivity contribution in [2.45, 2.75) is 6.92 Å². The molecule has 0 fully saturated rings. The Morgan fingerprint density at radius 1 is 1.07 bits per heavy atom. The minimum absolute atomic E-state index is 0.281. The number of hydrogen-bond acceptors (Lipinski definition) is 2. The summed E-state index contributed by atoms with van der Waals surface area (Å²) < 4.78 is 4.84. The normalized spacial score (nSPS) is 10.1. The molecule has 0 radical (unpaired) electrons. The first-order valence-electron chi connectivity index (χ1n) is 4.43. The van der Waals surface area contributed by atoms with Gasteiger partial charge in [0.05, 0.1) is 11.8 Å². The quantitative estimate of drug-likeness (QED) is 0.685. The minimum Gasteiger partial charge on any atom is -0.431 e. The lowest BCUT2D eigenvalue weighted by Crippen LogP contribution is -2.03. The SMILES string of the molecule is Cc1ccoc(=O)c1-c1ccccc1. The molecule has 1 aromatic carbocycles. The molecule has 0 N–H and O–H groups in total. The summed E-state index contributed by atoms with van der Waals surface area (Å²) in [5, 5.41) is 0. The zero-order valence-electron chi connectivity index (χ0n) is 7.86. The molecule has 2 nitrogen and oxygen atoms in total. The molecule has 0 aliphatic carbocycles. The van der Waals surface area contributed by atoms with Gasteiger partial charge >= 0.3 is 5.63 Å². The Hall–Kier alpha value is -1.83. The van der Waals surface area contributed by atoms with E-state index in [1.165, 1.54) is 6.26 Å². The Balaban J connectivity index is 2.69. The highest BCUT2D eigenvalue weighted by Crippen LogP contribution is 2.18. The van der Waals surface area contributed by atoms with E-state index in [1.54, 1.807) is 6.07 Å². The first-order valence-corrected chi connectivity index (χ1v) is 4.43. The monoisotopic (exact) mass is 186 g/mol. The Bertz CT molecular complexity index is 483. The molecule has 1 aromatic heterocycles. The lowest BCUT2D eigenvalue weighted by atomic mass is 10.0. The van der Waals surface area contributed by atoms with Gasteiger partial charge in [-0.1, -0.05) is 30.3 Å². The highest BCUT2D eigenvalue weighted by Gasteiger charge is 2.06. The van der Waals surface area contributed by atoms with Crippen LogP contribution in [0, 0.1) is 6.92 Å². The molecular formula is C12H10O2. The number of benzene rings is 1. The number of hydrogen-bond donors (Lipinski definition) is 0. The van der Waals surface area contributed by atoms with Crippen LogP contribution >= 0.6 is 0 Å². The van der Waals surface area contributed by atoms with Crippen LogP contribution in [0.4, 0.5) is 0 Å². The molecule has 0 saturated heterocycles. The van der Waals surface area contributed by atoms with Crippen LogP contribution in [0.3, 0.4) is 0 Å². The molecule has 2 rings (SSSR count). The topological polar surface area (TPSA) is 30.2 Å². The average molecular weight is 186 g/mol. The van der Waals surface area contributed by atoms with Crippen LogP contribution < -0.4 is 5.63 Å². The van der Waals surface area contributed by atoms with E-state index in [0.29, 0.717) is 5.56 Å². The minimum atomic E-state index is -0.281. The summed E-state index contributed by atoms with van der Waals surface area (Å²) in [6, 6.07) is 11.3. The Labute approximate surface area is 81.8 Å². The standard InChI is InChI=1S/C12H10O2/c1-9-7-8-14-12(13)11(9)10-5-3-2-4-6-10/h2-8H,1H3. The second-order valence-corrected chi connectivity index (χ2v) is 3.13. The first-order chi connectivity index (χ1) is 6.79. The third kappa shape index (κ3) is 1.46. The van der Waals surface area contributed by atoms with Crippen molar-refractivity contribution in [2.75, 3.05) is 0 Å². The van der Waals surface area contributed by atoms with Gasteiger partial charge in [0.1, 0.15) is 0 Å². The van der Waals surface area contributed by atoms with Crippen molar-refractivity contribution < 1.29 is 4.42 Å². The third-order valence-corrected chi connectivity index (χ3v) is 2.15. The first kappa shape index (κ1) is 8.75. The van der Waals surface area contributed by atoms with Gasteiger partial charge in [-0.05, 0) is 24.1 Å². The molecule has 0 atom stereocenters. The number of aryl methyl sites for hydroxylation is 1. The van der Waals surface area contributed by atoms with E-state index in [4.69, 9.17) is 4.42 Å². The predicted octanol–water partition coefficient (Wildman–Crippen LogP) is 2.62. The van der Waals surface area contributed by atoms with Gasteiger partial charge in [-0.3, -0.25) is 0 Å². The summed E-state index contributed by atoms with van der Waals surface area (Å²) >= 11 is 0. The molecule has 0 bridgehead atoms. The predicted molar refractivity (Wildman–Crippen MR) is 55.2 cm³/mol. The molecule has 1 heterocycles. The summed E-state index contributed by atoms with van der Waals surface area (Å²) in [7, 11) is 0. The van der Waals surface area contributed by atoms with Crippen molar-refractivity contribution in [3.05, 3.63) is 58.6 Å². The van der Waals surface area contributed by atoms with Crippen LogP contribution in [-0.4, -0.2) is 0 Å². The molecular weight excluding hydrogens is 176 g/mol. The van der Waals surface area contributed by atoms with Crippen molar-refractivity contribution in [1.82, 2.24) is 0 Å². The van der Waals surface area contributed by atoms with Gasteiger partial charge in [-0.25, -0.2) is 4.79 Å². The average Bonchev–Trinajstić information content (AvgIpc) is 2.19. The zero-order valence-corrected chi connectivity index (χ0v) is 7.86. The Morgan fingerprint density at radius 3 is 2.43 bits per heavy atom. The Morgan fingerprint density at radius 2 is 1.79 bits per heavy atom. The summed E-state index contributed by atoms with van der Waals surface area (Å²) in [6.45, 7) is 1.90. The molecule has 14 heavy (non-hydrogen) atoms. The van der Waals surface area contributed by atoms with Gasteiger partial charge in [0, 0.05) is 0 Å². The van der Waals surface area contributed by atoms with Gasteiger partial charge in [-0.15, -0.1) is 0 Å². The highest BCUT2D eigenvalue weighted by molar-refractivity contribution is 5.65. The maximum atomic E-state index is 11.5. The van der Waals surface area contributed by atoms with Crippen molar-refractivity contribution in [3.8, 4) is 11.1 Å². The van der Waals surface area contributed by atoms with Crippen LogP contribution in [0.25, 0.3) is 11.1 Å². The van der Waals surface area contributed by atoms with Crippen LogP contribution in [-0.2, 0) is 0 Å². The molecule has 2 heteroatoms. The van der Waals surface area contributed by atoms with E-state index in [0.717, 1.165) is 11.1 Å². The van der Waals surface area contributed by atoms with Crippen LogP contribution in [0.1, 0.15) is 5.56 Å². The summed E-state index contributed by atoms with van der Waals surface area (Å²) in [4.78, 5) is 11.5. The van der Waals surface area contributed by atoms with E-state index in [9.17, 15) is 4.79 Å². The molecule has 0 saturated carbocycles. The van der Waals surface area contributed by atoms with Gasteiger partial charge in [-0.2, -0.15) is 0 Å². The fourth-order valence-electron chi connectivity index (χ4n) is 1.45. The van der Waals surface area contributed by atoms with Gasteiger partial charge in [0.25, 0.3) is 0 Å². The fraction of sp³-hybridized carbons (Fsp3) is 0.0833. The Kier molecular flexibility index (Phi) is 2.19. The zero-order chi connectivity index (χ0) is 9.97. The number of rotatable bonds is 1. The third-order valence-electron chi connectivity index (χ3n) is 2.15. The van der Waals surface area contributed by atoms with E-state index in [1.807, 2.05) is 37.3 Å². The summed E-state index contributed by atoms with van der Waals surface area (Å²) in [5.74, 6) is 0. The highest BCUT2D eigenvalue weighted by atomic mass is 16.4. The van der Waals surface area contributed by atoms with Crippen molar-refractivity contribution in [3.63, 3.8) is 0 Å². The largest absolute Gasteiger partial charge is 0.431 e. The molecule has 70 valence electrons. The second-order valence-electron chi connectivity index (χ2n) is 3.13. The fourth-order valence-corrected chi connectivity index (χ4v) is 1.45.